The summed E-state index contributed by atoms with van der Waals surface area (Å²) in [6.07, 6.45) is 0.946. The Hall–Kier alpha value is -1.74. The molecular weight excluding hydrogens is 411 g/mol. The number of ether oxygens (including phenoxy) is 1. The number of sulfonamides is 1. The summed E-state index contributed by atoms with van der Waals surface area (Å²) < 4.78 is 47.2. The lowest BCUT2D eigenvalue weighted by Crippen LogP contribution is -2.41. The van der Waals surface area contributed by atoms with Crippen LogP contribution in [0.15, 0.2) is 47.4 Å². The first-order valence-corrected chi connectivity index (χ1v) is 11.0. The quantitative estimate of drug-likeness (QED) is 0.623. The number of aromatic nitrogens is 1. The van der Waals surface area contributed by atoms with E-state index in [1.165, 1.54) is 33.8 Å². The molecule has 0 unspecified atom stereocenters. The maximum absolute atomic E-state index is 13.8. The monoisotopic (exact) mass is 426 g/mol. The maximum Gasteiger partial charge on any atom is 0.274 e. The molecule has 0 spiro atoms. The predicted molar refractivity (Wildman–Crippen MR) is 103 cm³/mol. The van der Waals surface area contributed by atoms with E-state index in [1.54, 1.807) is 24.3 Å². The Morgan fingerprint density at radius 1 is 1.15 bits per heavy atom. The van der Waals surface area contributed by atoms with Crippen molar-refractivity contribution >= 4 is 43.2 Å². The van der Waals surface area contributed by atoms with Crippen molar-refractivity contribution in [1.29, 1.82) is 0 Å². The molecule has 4 rings (SSSR count). The molecule has 1 saturated heterocycles. The van der Waals surface area contributed by atoms with Gasteiger partial charge in [0, 0.05) is 18.1 Å². The highest BCUT2D eigenvalue weighted by Gasteiger charge is 2.30. The van der Waals surface area contributed by atoms with Crippen LogP contribution >= 0.6 is 22.9 Å². The standard InChI is InChI=1S/C18H16ClFN2O3S2/c19-12-4-6-14(7-5-12)27(23,24)22-10-8-13(9-11-22)25-18-21-17-15(20)2-1-3-16(17)26-18/h1-7,13H,8-11H2. The van der Waals surface area contributed by atoms with Crippen molar-refractivity contribution in [3.8, 4) is 5.19 Å². The van der Waals surface area contributed by atoms with E-state index in [0.29, 0.717) is 41.7 Å². The van der Waals surface area contributed by atoms with Crippen LogP contribution < -0.4 is 4.74 Å². The number of benzene rings is 2. The van der Waals surface area contributed by atoms with E-state index in [1.807, 2.05) is 0 Å². The summed E-state index contributed by atoms with van der Waals surface area (Å²) in [5.41, 5.74) is 0.306. The summed E-state index contributed by atoms with van der Waals surface area (Å²) >= 11 is 7.12. The minimum Gasteiger partial charge on any atom is -0.467 e. The number of halogens is 2. The Balaban J connectivity index is 1.42. The van der Waals surface area contributed by atoms with E-state index in [9.17, 15) is 12.8 Å². The van der Waals surface area contributed by atoms with Crippen molar-refractivity contribution in [2.45, 2.75) is 23.8 Å². The third-order valence-corrected chi connectivity index (χ3v) is 7.55. The zero-order chi connectivity index (χ0) is 19.0. The first kappa shape index (κ1) is 18.6. The fourth-order valence-electron chi connectivity index (χ4n) is 3.03. The first-order valence-electron chi connectivity index (χ1n) is 8.41. The summed E-state index contributed by atoms with van der Waals surface area (Å²) in [7, 11) is -3.54. The molecule has 142 valence electrons. The zero-order valence-corrected chi connectivity index (χ0v) is 16.5. The van der Waals surface area contributed by atoms with Crippen molar-refractivity contribution in [2.24, 2.45) is 0 Å². The van der Waals surface area contributed by atoms with Gasteiger partial charge in [-0.3, -0.25) is 0 Å². The van der Waals surface area contributed by atoms with E-state index in [4.69, 9.17) is 16.3 Å². The number of hydrogen-bond donors (Lipinski definition) is 0. The molecule has 0 N–H and O–H groups in total. The lowest BCUT2D eigenvalue weighted by atomic mass is 10.1. The van der Waals surface area contributed by atoms with Gasteiger partial charge in [0.1, 0.15) is 17.4 Å². The van der Waals surface area contributed by atoms with Gasteiger partial charge in [0.25, 0.3) is 5.19 Å². The molecule has 9 heteroatoms. The molecular formula is C18H16ClFN2O3S2. The molecule has 0 bridgehead atoms. The number of nitrogens with zero attached hydrogens (tertiary/aromatic N) is 2. The summed E-state index contributed by atoms with van der Waals surface area (Å²) in [6.45, 7) is 0.712. The largest absolute Gasteiger partial charge is 0.467 e. The van der Waals surface area contributed by atoms with Gasteiger partial charge in [-0.2, -0.15) is 9.29 Å². The van der Waals surface area contributed by atoms with Crippen molar-refractivity contribution in [2.75, 3.05) is 13.1 Å². The summed E-state index contributed by atoms with van der Waals surface area (Å²) in [4.78, 5) is 4.44. The van der Waals surface area contributed by atoms with Crippen LogP contribution in [0.25, 0.3) is 10.2 Å². The number of para-hydroxylation sites is 1. The second kappa shape index (κ2) is 7.35. The number of thiazole rings is 1. The number of rotatable bonds is 4. The summed E-state index contributed by atoms with van der Waals surface area (Å²) in [5.74, 6) is -0.373. The van der Waals surface area contributed by atoms with E-state index < -0.39 is 10.0 Å². The van der Waals surface area contributed by atoms with Crippen molar-refractivity contribution in [3.05, 3.63) is 53.3 Å². The van der Waals surface area contributed by atoms with Gasteiger partial charge in [0.05, 0.1) is 9.60 Å². The van der Waals surface area contributed by atoms with Gasteiger partial charge in [0.2, 0.25) is 10.0 Å². The zero-order valence-electron chi connectivity index (χ0n) is 14.1. The SMILES string of the molecule is O=S(=O)(c1ccc(Cl)cc1)N1CCC(Oc2nc3c(F)cccc3s2)CC1. The lowest BCUT2D eigenvalue weighted by Gasteiger charge is -2.30. The van der Waals surface area contributed by atoms with Gasteiger partial charge in [-0.05, 0) is 49.2 Å². The average molecular weight is 427 g/mol. The highest BCUT2D eigenvalue weighted by Crippen LogP contribution is 2.31. The van der Waals surface area contributed by atoms with Gasteiger partial charge in [0.15, 0.2) is 0 Å². The highest BCUT2D eigenvalue weighted by molar-refractivity contribution is 7.89. The van der Waals surface area contributed by atoms with Crippen LogP contribution in [-0.2, 0) is 10.0 Å². The third-order valence-electron chi connectivity index (χ3n) is 4.47. The second-order valence-electron chi connectivity index (χ2n) is 6.24. The molecule has 0 atom stereocenters. The second-order valence-corrected chi connectivity index (χ2v) is 9.61. The molecule has 0 saturated carbocycles. The van der Waals surface area contributed by atoms with Crippen molar-refractivity contribution in [1.82, 2.24) is 9.29 Å². The number of piperidine rings is 1. The van der Waals surface area contributed by atoms with E-state index in [-0.39, 0.29) is 16.8 Å². The topological polar surface area (TPSA) is 59.5 Å². The molecule has 1 fully saturated rings. The molecule has 3 aromatic rings. The van der Waals surface area contributed by atoms with Crippen LogP contribution in [0.3, 0.4) is 0 Å². The maximum atomic E-state index is 13.8. The number of hydrogen-bond acceptors (Lipinski definition) is 5. The summed E-state index contributed by atoms with van der Waals surface area (Å²) in [5, 5.41) is 0.905. The van der Waals surface area contributed by atoms with Gasteiger partial charge in [-0.25, -0.2) is 12.8 Å². The molecule has 5 nitrogen and oxygen atoms in total. The van der Waals surface area contributed by atoms with Crippen LogP contribution in [0.1, 0.15) is 12.8 Å². The minimum atomic E-state index is -3.54. The fraction of sp³-hybridized carbons (Fsp3) is 0.278. The Kier molecular flexibility index (Phi) is 5.07. The fourth-order valence-corrected chi connectivity index (χ4v) is 5.52. The van der Waals surface area contributed by atoms with Crippen LogP contribution in [-0.4, -0.2) is 36.9 Å². The molecule has 0 aliphatic carbocycles. The lowest BCUT2D eigenvalue weighted by molar-refractivity contribution is 0.135. The molecule has 2 aromatic carbocycles. The Morgan fingerprint density at radius 3 is 2.52 bits per heavy atom. The Labute approximate surface area is 165 Å². The normalized spacial score (nSPS) is 16.7. The molecule has 1 aliphatic heterocycles. The smallest absolute Gasteiger partial charge is 0.274 e. The third kappa shape index (κ3) is 3.80. The molecule has 1 aliphatic rings. The van der Waals surface area contributed by atoms with Gasteiger partial charge >= 0.3 is 0 Å². The van der Waals surface area contributed by atoms with Crippen molar-refractivity contribution in [3.63, 3.8) is 0 Å². The highest BCUT2D eigenvalue weighted by atomic mass is 35.5. The summed E-state index contributed by atoms with van der Waals surface area (Å²) in [6, 6.07) is 11.0. The van der Waals surface area contributed by atoms with Crippen LogP contribution in [0.5, 0.6) is 5.19 Å². The predicted octanol–water partition coefficient (Wildman–Crippen LogP) is 4.32. The molecule has 27 heavy (non-hydrogen) atoms. The van der Waals surface area contributed by atoms with Gasteiger partial charge in [-0.1, -0.05) is 29.0 Å². The van der Waals surface area contributed by atoms with E-state index in [0.717, 1.165) is 4.70 Å². The van der Waals surface area contributed by atoms with E-state index in [2.05, 4.69) is 4.98 Å². The van der Waals surface area contributed by atoms with Gasteiger partial charge < -0.3 is 4.74 Å². The molecule has 1 aromatic heterocycles. The molecule has 0 amide bonds. The molecule has 0 radical (unpaired) electrons. The van der Waals surface area contributed by atoms with Crippen LogP contribution in [0, 0.1) is 5.82 Å². The first-order chi connectivity index (χ1) is 12.9. The Bertz CT molecular complexity index is 1060. The van der Waals surface area contributed by atoms with Crippen molar-refractivity contribution < 1.29 is 17.5 Å². The number of fused-ring (bicyclic) bond motifs is 1. The van der Waals surface area contributed by atoms with Gasteiger partial charge in [-0.15, -0.1) is 0 Å². The average Bonchev–Trinajstić information content (AvgIpc) is 3.06. The molecule has 2 heterocycles. The van der Waals surface area contributed by atoms with Crippen LogP contribution in [0.2, 0.25) is 5.02 Å². The Morgan fingerprint density at radius 2 is 1.85 bits per heavy atom. The van der Waals surface area contributed by atoms with Crippen LogP contribution in [0.4, 0.5) is 4.39 Å². The van der Waals surface area contributed by atoms with E-state index >= 15 is 0 Å². The minimum absolute atomic E-state index is 0.148.